The van der Waals surface area contributed by atoms with Crippen LogP contribution >= 0.6 is 11.8 Å². The number of rotatable bonds is 14. The minimum atomic E-state index is -0.758. The number of likely N-dealkylation sites (tertiary alicyclic amines) is 1. The van der Waals surface area contributed by atoms with E-state index in [4.69, 9.17) is 0 Å². The van der Waals surface area contributed by atoms with E-state index >= 15 is 0 Å². The number of aliphatic hydroxyl groups excluding tert-OH is 1. The van der Waals surface area contributed by atoms with E-state index in [-0.39, 0.29) is 36.1 Å². The fourth-order valence-corrected chi connectivity index (χ4v) is 9.23. The van der Waals surface area contributed by atoms with Crippen LogP contribution in [0.5, 0.6) is 0 Å². The molecule has 2 unspecified atom stereocenters. The van der Waals surface area contributed by atoms with Crippen molar-refractivity contribution in [3.63, 3.8) is 0 Å². The van der Waals surface area contributed by atoms with Crippen LogP contribution in [0, 0.1) is 11.8 Å². The van der Waals surface area contributed by atoms with Crippen LogP contribution in [0.2, 0.25) is 0 Å². The van der Waals surface area contributed by atoms with Crippen molar-refractivity contribution in [2.45, 2.75) is 56.1 Å². The summed E-state index contributed by atoms with van der Waals surface area (Å²) in [5.74, 6) is -1.45. The van der Waals surface area contributed by atoms with Gasteiger partial charge in [0.2, 0.25) is 11.8 Å². The summed E-state index contributed by atoms with van der Waals surface area (Å²) in [6.07, 6.45) is 5.72. The summed E-state index contributed by atoms with van der Waals surface area (Å²) in [7, 11) is 0. The van der Waals surface area contributed by atoms with Crippen LogP contribution in [0.15, 0.2) is 49.6 Å². The molecule has 1 aromatic rings. The second kappa shape index (κ2) is 12.8. The fourth-order valence-electron chi connectivity index (χ4n) is 7.02. The molecule has 0 saturated carbocycles. The third kappa shape index (κ3) is 5.07. The van der Waals surface area contributed by atoms with Gasteiger partial charge in [0.25, 0.3) is 5.91 Å². The minimum Gasteiger partial charge on any atom is -0.395 e. The first kappa shape index (κ1) is 30.2. The lowest BCUT2D eigenvalue weighted by atomic mass is 9.70. The SMILES string of the molecule is C=CCN(CCC)C(=O)[C@@H]1[C@H]2C(=O)N(CCO)C(C(=O)N(CC=C)c3ccc(N(CC)CC)cc3)C23CC[C@H]1S3. The van der Waals surface area contributed by atoms with Gasteiger partial charge >= 0.3 is 0 Å². The zero-order chi connectivity index (χ0) is 29.0. The maximum absolute atomic E-state index is 14.5. The highest BCUT2D eigenvalue weighted by atomic mass is 32.2. The smallest absolute Gasteiger partial charge is 0.251 e. The van der Waals surface area contributed by atoms with Gasteiger partial charge < -0.3 is 24.7 Å². The molecule has 8 nitrogen and oxygen atoms in total. The van der Waals surface area contributed by atoms with Crippen LogP contribution < -0.4 is 9.80 Å². The summed E-state index contributed by atoms with van der Waals surface area (Å²) in [5.41, 5.74) is 1.82. The Labute approximate surface area is 243 Å². The predicted molar refractivity (Wildman–Crippen MR) is 163 cm³/mol. The topological polar surface area (TPSA) is 84.4 Å². The highest BCUT2D eigenvalue weighted by Gasteiger charge is 2.74. The molecular weight excluding hydrogens is 524 g/mol. The number of amides is 3. The Bertz CT molecular complexity index is 1110. The van der Waals surface area contributed by atoms with Crippen molar-refractivity contribution < 1.29 is 19.5 Å². The zero-order valence-corrected chi connectivity index (χ0v) is 24.9. The van der Waals surface area contributed by atoms with E-state index < -0.39 is 22.6 Å². The molecule has 0 radical (unpaired) electrons. The van der Waals surface area contributed by atoms with E-state index in [0.29, 0.717) is 26.1 Å². The molecule has 3 aliphatic heterocycles. The minimum absolute atomic E-state index is 0.00148. The molecule has 1 spiro atoms. The van der Waals surface area contributed by atoms with Gasteiger partial charge in [-0.1, -0.05) is 19.1 Å². The number of carbonyl (C=O) groups is 3. The lowest BCUT2D eigenvalue weighted by Crippen LogP contribution is -2.55. The van der Waals surface area contributed by atoms with Gasteiger partial charge in [0.05, 0.1) is 23.2 Å². The first-order chi connectivity index (χ1) is 19.3. The maximum Gasteiger partial charge on any atom is 0.251 e. The first-order valence-corrected chi connectivity index (χ1v) is 15.5. The molecule has 1 N–H and O–H groups in total. The van der Waals surface area contributed by atoms with Crippen molar-refractivity contribution in [2.75, 3.05) is 55.7 Å². The number of aliphatic hydroxyl groups is 1. The van der Waals surface area contributed by atoms with Crippen LogP contribution in [0.1, 0.15) is 40.0 Å². The number of hydrogen-bond acceptors (Lipinski definition) is 6. The largest absolute Gasteiger partial charge is 0.395 e. The van der Waals surface area contributed by atoms with Crippen LogP contribution in [0.4, 0.5) is 11.4 Å². The van der Waals surface area contributed by atoms with Crippen molar-refractivity contribution in [3.05, 3.63) is 49.6 Å². The highest BCUT2D eigenvalue weighted by molar-refractivity contribution is 8.02. The van der Waals surface area contributed by atoms with Gasteiger partial charge in [-0.05, 0) is 57.4 Å². The molecule has 40 heavy (non-hydrogen) atoms. The van der Waals surface area contributed by atoms with Gasteiger partial charge in [0, 0.05) is 55.9 Å². The highest BCUT2D eigenvalue weighted by Crippen LogP contribution is 2.66. The fraction of sp³-hybridized carbons (Fsp3) is 0.581. The summed E-state index contributed by atoms with van der Waals surface area (Å²) in [4.78, 5) is 49.7. The molecule has 3 aliphatic rings. The molecule has 3 heterocycles. The summed E-state index contributed by atoms with van der Waals surface area (Å²) >= 11 is 1.65. The molecule has 2 bridgehead atoms. The van der Waals surface area contributed by atoms with Gasteiger partial charge in [-0.3, -0.25) is 14.4 Å². The molecule has 1 aromatic carbocycles. The Balaban J connectivity index is 1.71. The lowest BCUT2D eigenvalue weighted by Gasteiger charge is -2.37. The summed E-state index contributed by atoms with van der Waals surface area (Å²) in [5, 5.41) is 9.93. The molecule has 5 atom stereocenters. The maximum atomic E-state index is 14.5. The Morgan fingerprint density at radius 3 is 2.30 bits per heavy atom. The van der Waals surface area contributed by atoms with Crippen LogP contribution in [0.25, 0.3) is 0 Å². The molecular formula is C31H44N4O4S. The van der Waals surface area contributed by atoms with E-state index in [1.54, 1.807) is 38.6 Å². The third-order valence-corrected chi connectivity index (χ3v) is 10.6. The zero-order valence-electron chi connectivity index (χ0n) is 24.1. The summed E-state index contributed by atoms with van der Waals surface area (Å²) in [6, 6.07) is 7.17. The number of hydrogen-bond donors (Lipinski definition) is 1. The van der Waals surface area contributed by atoms with E-state index in [1.807, 2.05) is 31.2 Å². The number of anilines is 2. The Hall–Kier alpha value is -2.78. The van der Waals surface area contributed by atoms with Gasteiger partial charge in [-0.25, -0.2) is 0 Å². The molecule has 9 heteroatoms. The van der Waals surface area contributed by atoms with Crippen molar-refractivity contribution in [2.24, 2.45) is 11.8 Å². The van der Waals surface area contributed by atoms with E-state index in [9.17, 15) is 19.5 Å². The lowest BCUT2D eigenvalue weighted by molar-refractivity contribution is -0.144. The molecule has 0 aromatic heterocycles. The van der Waals surface area contributed by atoms with Crippen molar-refractivity contribution in [1.29, 1.82) is 0 Å². The number of nitrogens with zero attached hydrogens (tertiary/aromatic N) is 4. The monoisotopic (exact) mass is 568 g/mol. The molecule has 218 valence electrons. The van der Waals surface area contributed by atoms with Gasteiger partial charge in [0.15, 0.2) is 0 Å². The first-order valence-electron chi connectivity index (χ1n) is 14.6. The summed E-state index contributed by atoms with van der Waals surface area (Å²) in [6.45, 7) is 16.9. The molecule has 3 amide bonds. The van der Waals surface area contributed by atoms with E-state index in [2.05, 4.69) is 31.9 Å². The number of thioether (sulfide) groups is 1. The van der Waals surface area contributed by atoms with Gasteiger partial charge in [0.1, 0.15) is 6.04 Å². The number of benzene rings is 1. The quantitative estimate of drug-likeness (QED) is 0.346. The van der Waals surface area contributed by atoms with Gasteiger partial charge in [-0.2, -0.15) is 0 Å². The van der Waals surface area contributed by atoms with E-state index in [0.717, 1.165) is 37.3 Å². The number of carbonyl (C=O) groups excluding carboxylic acids is 3. The van der Waals surface area contributed by atoms with Crippen LogP contribution in [-0.4, -0.2) is 94.5 Å². The Morgan fingerprint density at radius 1 is 1.07 bits per heavy atom. The average Bonchev–Trinajstić information content (AvgIpc) is 3.60. The van der Waals surface area contributed by atoms with Crippen LogP contribution in [-0.2, 0) is 14.4 Å². The predicted octanol–water partition coefficient (Wildman–Crippen LogP) is 3.56. The van der Waals surface area contributed by atoms with Crippen molar-refractivity contribution >= 4 is 40.9 Å². The number of β-amino-alcohol motifs (C(OH)–C–C–N with tert-alkyl or cyclic N) is 1. The Morgan fingerprint density at radius 2 is 1.73 bits per heavy atom. The summed E-state index contributed by atoms with van der Waals surface area (Å²) < 4.78 is -0.693. The van der Waals surface area contributed by atoms with Gasteiger partial charge in [-0.15, -0.1) is 24.9 Å². The molecule has 3 saturated heterocycles. The average molecular weight is 569 g/mol. The standard InChI is InChI=1S/C31H44N4O4S/c1-6-17-33(18-7-2)28(37)25-24-15-16-31(40-24)26(25)29(38)35(20-21-36)27(31)30(39)34(19-8-3)23-13-11-22(12-14-23)32(9-4)10-5/h6,8,11-14,24-27,36H,1,3,7,9-10,15-21H2,2,4-5H3/t24-,25+,26+,27?,31?/m1/s1. The molecule has 4 rings (SSSR count). The van der Waals surface area contributed by atoms with E-state index in [1.165, 1.54) is 0 Å². The normalized spacial score (nSPS) is 26.5. The van der Waals surface area contributed by atoms with Crippen molar-refractivity contribution in [1.82, 2.24) is 9.80 Å². The van der Waals surface area contributed by atoms with Crippen molar-refractivity contribution in [3.8, 4) is 0 Å². The Kier molecular flexibility index (Phi) is 9.67. The molecule has 3 fully saturated rings. The second-order valence-corrected chi connectivity index (χ2v) is 12.4. The van der Waals surface area contributed by atoms with Crippen LogP contribution in [0.3, 0.4) is 0 Å². The molecule has 0 aliphatic carbocycles. The number of fused-ring (bicyclic) bond motifs is 1. The third-order valence-electron chi connectivity index (χ3n) is 8.68. The second-order valence-electron chi connectivity index (χ2n) is 10.8.